The summed E-state index contributed by atoms with van der Waals surface area (Å²) in [6.07, 6.45) is 3.49. The number of nitriles is 1. The predicted molar refractivity (Wildman–Crippen MR) is 61.6 cm³/mol. The molecule has 0 aromatic carbocycles. The summed E-state index contributed by atoms with van der Waals surface area (Å²) in [5.74, 6) is 0. The Balaban J connectivity index is 2.55. The molecule has 16 heavy (non-hydrogen) atoms. The molecule has 0 spiro atoms. The number of nitrogens with zero attached hydrogens (tertiary/aromatic N) is 4. The van der Waals surface area contributed by atoms with Crippen LogP contribution in [0.25, 0.3) is 0 Å². The van der Waals surface area contributed by atoms with E-state index < -0.39 is 0 Å². The summed E-state index contributed by atoms with van der Waals surface area (Å²) in [5, 5.41) is 19.8. The molecule has 0 unspecified atom stereocenters. The first-order chi connectivity index (χ1) is 7.83. The highest BCUT2D eigenvalue weighted by Gasteiger charge is 2.09. The summed E-state index contributed by atoms with van der Waals surface area (Å²) < 4.78 is 1.96. The van der Waals surface area contributed by atoms with Crippen LogP contribution >= 0.6 is 0 Å². The topological polar surface area (TPSA) is 66.5 Å². The Labute approximate surface area is 96.5 Å². The average Bonchev–Trinajstić information content (AvgIpc) is 2.67. The predicted octanol–water partition coefficient (Wildman–Crippen LogP) is 1.25. The first-order valence-electron chi connectivity index (χ1n) is 5.76. The van der Waals surface area contributed by atoms with E-state index in [-0.39, 0.29) is 0 Å². The van der Waals surface area contributed by atoms with Crippen molar-refractivity contribution in [1.29, 1.82) is 5.26 Å². The quantitative estimate of drug-likeness (QED) is 0.704. The van der Waals surface area contributed by atoms with Gasteiger partial charge in [-0.1, -0.05) is 12.1 Å². The van der Waals surface area contributed by atoms with Crippen LogP contribution in [0.3, 0.4) is 0 Å². The molecule has 0 amide bonds. The van der Waals surface area contributed by atoms with Crippen LogP contribution in [0.4, 0.5) is 0 Å². The van der Waals surface area contributed by atoms with Gasteiger partial charge in [-0.05, 0) is 26.3 Å². The molecule has 88 valence electrons. The first-order valence-corrected chi connectivity index (χ1v) is 5.76. The second kappa shape index (κ2) is 6.96. The molecule has 0 saturated carbocycles. The van der Waals surface area contributed by atoms with E-state index in [0.717, 1.165) is 38.0 Å². The summed E-state index contributed by atoms with van der Waals surface area (Å²) in [5.41, 5.74) is 2.23. The number of hydrogen-bond acceptors (Lipinski definition) is 4. The average molecular weight is 221 g/mol. The summed E-state index contributed by atoms with van der Waals surface area (Å²) in [7, 11) is 1.91. The van der Waals surface area contributed by atoms with Crippen LogP contribution in [0.5, 0.6) is 0 Å². The van der Waals surface area contributed by atoms with Gasteiger partial charge in [0.15, 0.2) is 0 Å². The molecule has 0 saturated heterocycles. The Bertz CT molecular complexity index is 350. The number of nitrogens with one attached hydrogen (secondary N) is 1. The monoisotopic (exact) mass is 221 g/mol. The minimum atomic E-state index is 0.625. The van der Waals surface area contributed by atoms with E-state index in [1.165, 1.54) is 5.69 Å². The minimum Gasteiger partial charge on any atom is -0.314 e. The van der Waals surface area contributed by atoms with Crippen molar-refractivity contribution < 1.29 is 0 Å². The summed E-state index contributed by atoms with van der Waals surface area (Å²) in [4.78, 5) is 0. The van der Waals surface area contributed by atoms with Crippen LogP contribution in [-0.2, 0) is 19.5 Å². The van der Waals surface area contributed by atoms with Crippen molar-refractivity contribution in [2.45, 2.75) is 45.7 Å². The number of aryl methyl sites for hydroxylation is 1. The minimum absolute atomic E-state index is 0.625. The van der Waals surface area contributed by atoms with E-state index in [1.54, 1.807) is 0 Å². The van der Waals surface area contributed by atoms with Crippen LogP contribution in [0.15, 0.2) is 0 Å². The van der Waals surface area contributed by atoms with Gasteiger partial charge in [-0.3, -0.25) is 0 Å². The van der Waals surface area contributed by atoms with Crippen molar-refractivity contribution in [2.75, 3.05) is 7.05 Å². The highest BCUT2D eigenvalue weighted by Crippen LogP contribution is 2.08. The van der Waals surface area contributed by atoms with Gasteiger partial charge in [0.05, 0.1) is 17.5 Å². The van der Waals surface area contributed by atoms with E-state index in [4.69, 9.17) is 5.26 Å². The van der Waals surface area contributed by atoms with Crippen LogP contribution in [0.1, 0.15) is 37.6 Å². The summed E-state index contributed by atoms with van der Waals surface area (Å²) in [6, 6.07) is 2.15. The lowest BCUT2D eigenvalue weighted by atomic mass is 10.2. The Morgan fingerprint density at radius 3 is 2.88 bits per heavy atom. The van der Waals surface area contributed by atoms with Gasteiger partial charge in [0, 0.05) is 19.5 Å². The third-order valence-corrected chi connectivity index (χ3v) is 2.51. The fourth-order valence-electron chi connectivity index (χ4n) is 1.71. The lowest BCUT2D eigenvalue weighted by molar-refractivity contribution is 0.528. The highest BCUT2D eigenvalue weighted by atomic mass is 15.4. The van der Waals surface area contributed by atoms with Crippen molar-refractivity contribution in [1.82, 2.24) is 20.3 Å². The molecule has 1 heterocycles. The molecule has 1 aromatic rings. The molecule has 0 bridgehead atoms. The van der Waals surface area contributed by atoms with Crippen LogP contribution in [0, 0.1) is 11.3 Å². The molecular formula is C11H19N5. The van der Waals surface area contributed by atoms with Crippen molar-refractivity contribution in [2.24, 2.45) is 0 Å². The van der Waals surface area contributed by atoms with Crippen LogP contribution in [-0.4, -0.2) is 22.0 Å². The largest absolute Gasteiger partial charge is 0.314 e. The Hall–Kier alpha value is -1.41. The van der Waals surface area contributed by atoms with Crippen molar-refractivity contribution in [3.05, 3.63) is 11.4 Å². The molecule has 0 aliphatic heterocycles. The number of aromatic nitrogens is 3. The maximum absolute atomic E-state index is 8.45. The molecule has 0 atom stereocenters. The molecule has 5 heteroatoms. The molecular weight excluding hydrogens is 202 g/mol. The van der Waals surface area contributed by atoms with Crippen molar-refractivity contribution in [3.8, 4) is 6.07 Å². The number of unbranched alkanes of at least 4 members (excludes halogenated alkanes) is 2. The fraction of sp³-hybridized carbons (Fsp3) is 0.727. The molecule has 1 aromatic heterocycles. The van der Waals surface area contributed by atoms with Crippen molar-refractivity contribution >= 4 is 0 Å². The maximum Gasteiger partial charge on any atom is 0.0996 e. The zero-order valence-electron chi connectivity index (χ0n) is 10.0. The van der Waals surface area contributed by atoms with E-state index in [9.17, 15) is 0 Å². The standard InChI is InChI=1S/C11H19N5/c1-3-11-10(9-13-2)14-15-16(11)8-6-4-5-7-12/h13H,3-6,8-9H2,1-2H3. The number of hydrogen-bond donors (Lipinski definition) is 1. The maximum atomic E-state index is 8.45. The van der Waals surface area contributed by atoms with Crippen molar-refractivity contribution in [3.63, 3.8) is 0 Å². The molecule has 5 nitrogen and oxygen atoms in total. The van der Waals surface area contributed by atoms with Gasteiger partial charge in [-0.15, -0.1) is 5.10 Å². The smallest absolute Gasteiger partial charge is 0.0996 e. The van der Waals surface area contributed by atoms with Gasteiger partial charge < -0.3 is 5.32 Å². The molecule has 0 aliphatic carbocycles. The molecule has 0 aliphatic rings. The lowest BCUT2D eigenvalue weighted by Crippen LogP contribution is -2.10. The molecule has 1 rings (SSSR count). The molecule has 0 radical (unpaired) electrons. The van der Waals surface area contributed by atoms with Gasteiger partial charge in [-0.2, -0.15) is 5.26 Å². The van der Waals surface area contributed by atoms with Gasteiger partial charge in [0.2, 0.25) is 0 Å². The Morgan fingerprint density at radius 1 is 1.44 bits per heavy atom. The number of rotatable bonds is 7. The van der Waals surface area contributed by atoms with Crippen LogP contribution < -0.4 is 5.32 Å². The second-order valence-electron chi connectivity index (χ2n) is 3.71. The Morgan fingerprint density at radius 2 is 2.25 bits per heavy atom. The fourth-order valence-corrected chi connectivity index (χ4v) is 1.71. The summed E-state index contributed by atoms with van der Waals surface area (Å²) in [6.45, 7) is 3.74. The lowest BCUT2D eigenvalue weighted by Gasteiger charge is -2.04. The van der Waals surface area contributed by atoms with Gasteiger partial charge in [0.25, 0.3) is 0 Å². The summed E-state index contributed by atoms with van der Waals surface area (Å²) >= 11 is 0. The normalized spacial score (nSPS) is 10.3. The van der Waals surface area contributed by atoms with Gasteiger partial charge in [0.1, 0.15) is 0 Å². The highest BCUT2D eigenvalue weighted by molar-refractivity contribution is 5.09. The SMILES string of the molecule is CCc1c(CNC)nnn1CCCCC#N. The molecule has 0 fully saturated rings. The van der Waals surface area contributed by atoms with E-state index in [0.29, 0.717) is 6.42 Å². The Kier molecular flexibility index (Phi) is 5.51. The zero-order valence-corrected chi connectivity index (χ0v) is 10.0. The van der Waals surface area contributed by atoms with Crippen LogP contribution in [0.2, 0.25) is 0 Å². The zero-order chi connectivity index (χ0) is 11.8. The van der Waals surface area contributed by atoms with E-state index in [1.807, 2.05) is 11.7 Å². The van der Waals surface area contributed by atoms with Gasteiger partial charge in [-0.25, -0.2) is 4.68 Å². The second-order valence-corrected chi connectivity index (χ2v) is 3.71. The third kappa shape index (κ3) is 3.31. The third-order valence-electron chi connectivity index (χ3n) is 2.51. The van der Waals surface area contributed by atoms with E-state index >= 15 is 0 Å². The van der Waals surface area contributed by atoms with E-state index in [2.05, 4.69) is 28.6 Å². The molecule has 1 N–H and O–H groups in total. The first kappa shape index (κ1) is 12.7. The van der Waals surface area contributed by atoms with Gasteiger partial charge >= 0.3 is 0 Å².